The van der Waals surface area contributed by atoms with Gasteiger partial charge in [0, 0.05) is 31.6 Å². The van der Waals surface area contributed by atoms with Crippen LogP contribution in [0.25, 0.3) is 11.5 Å². The molecule has 0 bridgehead atoms. The fourth-order valence-electron chi connectivity index (χ4n) is 5.27. The topological polar surface area (TPSA) is 62.5 Å². The van der Waals surface area contributed by atoms with Crippen molar-refractivity contribution in [1.82, 2.24) is 19.9 Å². The third kappa shape index (κ3) is 4.32. The maximum absolute atomic E-state index is 12.7. The zero-order valence-corrected chi connectivity index (χ0v) is 18.6. The van der Waals surface area contributed by atoms with Gasteiger partial charge >= 0.3 is 0 Å². The smallest absolute Gasteiger partial charge is 0.257 e. The Hall–Kier alpha value is -2.99. The molecule has 2 fully saturated rings. The van der Waals surface area contributed by atoms with Gasteiger partial charge in [0.05, 0.1) is 6.04 Å². The van der Waals surface area contributed by atoms with Crippen molar-refractivity contribution in [1.29, 1.82) is 0 Å². The molecule has 1 amide bonds. The molecule has 2 aliphatic rings. The highest BCUT2D eigenvalue weighted by Gasteiger charge is 2.46. The van der Waals surface area contributed by atoms with Crippen LogP contribution in [0.3, 0.4) is 0 Å². The van der Waals surface area contributed by atoms with E-state index in [9.17, 15) is 4.79 Å². The number of benzene rings is 2. The molecule has 0 radical (unpaired) electrons. The standard InChI is InChI=1S/C26H30N4O2/c1-29-19-26(18-22(29)24-27-25(32-28-24)21-10-6-3-7-11-21)14-16-30(17-15-26)23(31)13-12-20-8-4-2-5-9-20/h2-11,22H,12-19H2,1H3. The van der Waals surface area contributed by atoms with Crippen LogP contribution in [-0.4, -0.2) is 52.5 Å². The van der Waals surface area contributed by atoms with Crippen LogP contribution in [0.2, 0.25) is 0 Å². The van der Waals surface area contributed by atoms with Gasteiger partial charge in [0.1, 0.15) is 0 Å². The predicted octanol–water partition coefficient (Wildman–Crippen LogP) is 4.35. The number of nitrogens with zero attached hydrogens (tertiary/aromatic N) is 4. The Morgan fingerprint density at radius 1 is 1.06 bits per heavy atom. The van der Waals surface area contributed by atoms with Crippen molar-refractivity contribution in [2.24, 2.45) is 5.41 Å². The first kappa shape index (κ1) is 20.9. The van der Waals surface area contributed by atoms with E-state index in [-0.39, 0.29) is 17.4 Å². The number of aryl methyl sites for hydroxylation is 1. The molecule has 2 aromatic carbocycles. The average molecular weight is 431 g/mol. The Balaban J connectivity index is 1.18. The maximum Gasteiger partial charge on any atom is 0.257 e. The molecule has 0 N–H and O–H groups in total. The van der Waals surface area contributed by atoms with E-state index in [1.165, 1.54) is 5.56 Å². The maximum atomic E-state index is 12.7. The summed E-state index contributed by atoms with van der Waals surface area (Å²) in [7, 11) is 2.15. The normalized spacial score (nSPS) is 20.7. The summed E-state index contributed by atoms with van der Waals surface area (Å²) in [5, 5.41) is 4.31. The largest absolute Gasteiger partial charge is 0.343 e. The minimum Gasteiger partial charge on any atom is -0.343 e. The third-order valence-corrected chi connectivity index (χ3v) is 7.15. The zero-order valence-electron chi connectivity index (χ0n) is 18.6. The lowest BCUT2D eigenvalue weighted by Crippen LogP contribution is -2.44. The summed E-state index contributed by atoms with van der Waals surface area (Å²) in [5.74, 6) is 1.62. The summed E-state index contributed by atoms with van der Waals surface area (Å²) in [6.45, 7) is 2.70. The molecule has 2 saturated heterocycles. The van der Waals surface area contributed by atoms with Gasteiger partial charge in [-0.2, -0.15) is 4.98 Å². The molecule has 1 unspecified atom stereocenters. The fraction of sp³-hybridized carbons (Fsp3) is 0.423. The quantitative estimate of drug-likeness (QED) is 0.602. The van der Waals surface area contributed by atoms with Gasteiger partial charge in [-0.3, -0.25) is 9.69 Å². The molecule has 1 aromatic heterocycles. The lowest BCUT2D eigenvalue weighted by Gasteiger charge is -2.39. The van der Waals surface area contributed by atoms with Crippen molar-refractivity contribution < 1.29 is 9.32 Å². The molecular weight excluding hydrogens is 400 g/mol. The second kappa shape index (κ2) is 8.87. The number of likely N-dealkylation sites (tertiary alicyclic amines) is 2. The van der Waals surface area contributed by atoms with E-state index in [2.05, 4.69) is 34.1 Å². The van der Waals surface area contributed by atoms with Crippen LogP contribution in [0, 0.1) is 5.41 Å². The van der Waals surface area contributed by atoms with Crippen molar-refractivity contribution in [3.8, 4) is 11.5 Å². The van der Waals surface area contributed by atoms with Gasteiger partial charge in [0.25, 0.3) is 5.89 Å². The van der Waals surface area contributed by atoms with Crippen molar-refractivity contribution in [2.45, 2.75) is 38.1 Å². The molecule has 0 aliphatic carbocycles. The number of aromatic nitrogens is 2. The van der Waals surface area contributed by atoms with E-state index in [0.717, 1.165) is 56.7 Å². The van der Waals surface area contributed by atoms with E-state index in [4.69, 9.17) is 9.51 Å². The summed E-state index contributed by atoms with van der Waals surface area (Å²) >= 11 is 0. The van der Waals surface area contributed by atoms with Gasteiger partial charge in [0.15, 0.2) is 5.82 Å². The second-order valence-electron chi connectivity index (χ2n) is 9.33. The molecule has 166 valence electrons. The molecule has 2 aliphatic heterocycles. The van der Waals surface area contributed by atoms with E-state index in [1.54, 1.807) is 0 Å². The van der Waals surface area contributed by atoms with Gasteiger partial charge in [0.2, 0.25) is 5.91 Å². The zero-order chi connectivity index (χ0) is 22.0. The summed E-state index contributed by atoms with van der Waals surface area (Å²) < 4.78 is 5.56. The lowest BCUT2D eigenvalue weighted by atomic mass is 9.76. The second-order valence-corrected chi connectivity index (χ2v) is 9.33. The van der Waals surface area contributed by atoms with Crippen LogP contribution in [0.15, 0.2) is 65.2 Å². The number of carbonyl (C=O) groups excluding carboxylic acids is 1. The van der Waals surface area contributed by atoms with Crippen LogP contribution in [0.1, 0.15) is 43.1 Å². The molecule has 1 spiro atoms. The Kier molecular flexibility index (Phi) is 5.79. The number of carbonyl (C=O) groups is 1. The van der Waals surface area contributed by atoms with Crippen LogP contribution in [-0.2, 0) is 11.2 Å². The van der Waals surface area contributed by atoms with Gasteiger partial charge < -0.3 is 9.42 Å². The number of rotatable bonds is 5. The van der Waals surface area contributed by atoms with E-state index < -0.39 is 0 Å². The predicted molar refractivity (Wildman–Crippen MR) is 123 cm³/mol. The van der Waals surface area contributed by atoms with E-state index in [0.29, 0.717) is 12.3 Å². The monoisotopic (exact) mass is 430 g/mol. The average Bonchev–Trinajstić information content (AvgIpc) is 3.44. The summed E-state index contributed by atoms with van der Waals surface area (Å²) in [4.78, 5) is 21.9. The lowest BCUT2D eigenvalue weighted by molar-refractivity contribution is -0.133. The molecule has 0 saturated carbocycles. The highest BCUT2D eigenvalue weighted by molar-refractivity contribution is 5.76. The van der Waals surface area contributed by atoms with Gasteiger partial charge in [-0.05, 0) is 55.8 Å². The SMILES string of the molecule is CN1CC2(CCN(C(=O)CCc3ccccc3)CC2)CC1c1noc(-c2ccccc2)n1. The third-order valence-electron chi connectivity index (χ3n) is 7.15. The van der Waals surface area contributed by atoms with Gasteiger partial charge in [-0.1, -0.05) is 53.7 Å². The van der Waals surface area contributed by atoms with Crippen LogP contribution >= 0.6 is 0 Å². The van der Waals surface area contributed by atoms with E-state index >= 15 is 0 Å². The summed E-state index contributed by atoms with van der Waals surface area (Å²) in [6.07, 6.45) is 4.49. The minimum absolute atomic E-state index is 0.163. The van der Waals surface area contributed by atoms with Crippen LogP contribution in [0.4, 0.5) is 0 Å². The van der Waals surface area contributed by atoms with E-state index in [1.807, 2.05) is 48.5 Å². The molecule has 3 aromatic rings. The Bertz CT molecular complexity index is 1040. The molecule has 1 atom stereocenters. The van der Waals surface area contributed by atoms with Crippen LogP contribution < -0.4 is 0 Å². The number of amides is 1. The number of hydrogen-bond acceptors (Lipinski definition) is 5. The van der Waals surface area contributed by atoms with Crippen molar-refractivity contribution in [3.05, 3.63) is 72.1 Å². The number of piperidine rings is 1. The minimum atomic E-state index is 0.163. The molecule has 5 rings (SSSR count). The Morgan fingerprint density at radius 2 is 1.75 bits per heavy atom. The summed E-state index contributed by atoms with van der Waals surface area (Å²) in [5.41, 5.74) is 2.40. The van der Waals surface area contributed by atoms with Crippen LogP contribution in [0.5, 0.6) is 0 Å². The highest BCUT2D eigenvalue weighted by Crippen LogP contribution is 2.47. The van der Waals surface area contributed by atoms with Crippen molar-refractivity contribution >= 4 is 5.91 Å². The van der Waals surface area contributed by atoms with Crippen molar-refractivity contribution in [3.63, 3.8) is 0 Å². The van der Waals surface area contributed by atoms with Crippen molar-refractivity contribution in [2.75, 3.05) is 26.7 Å². The Labute approximate surface area is 189 Å². The molecule has 6 nitrogen and oxygen atoms in total. The van der Waals surface area contributed by atoms with Gasteiger partial charge in [-0.25, -0.2) is 0 Å². The first-order valence-corrected chi connectivity index (χ1v) is 11.5. The molecule has 3 heterocycles. The molecule has 6 heteroatoms. The first-order chi connectivity index (χ1) is 15.6. The molecule has 32 heavy (non-hydrogen) atoms. The van der Waals surface area contributed by atoms with Gasteiger partial charge in [-0.15, -0.1) is 0 Å². The Morgan fingerprint density at radius 3 is 2.47 bits per heavy atom. The fourth-order valence-corrected chi connectivity index (χ4v) is 5.27. The first-order valence-electron chi connectivity index (χ1n) is 11.5. The highest BCUT2D eigenvalue weighted by atomic mass is 16.5. The summed E-state index contributed by atoms with van der Waals surface area (Å²) in [6, 6.07) is 20.3. The molecular formula is C26H30N4O2. The number of hydrogen-bond donors (Lipinski definition) is 0.